The molecule has 0 amide bonds. The smallest absolute Gasteiger partial charge is 0.164 e. The molecule has 0 radical (unpaired) electrons. The topological polar surface area (TPSA) is 47.9 Å². The van der Waals surface area contributed by atoms with Crippen LogP contribution in [0.15, 0.2) is 89.8 Å². The fourth-order valence-corrected chi connectivity index (χ4v) is 4.76. The number of thioether (sulfide) groups is 1. The molecule has 0 unspecified atom stereocenters. The first-order valence-electron chi connectivity index (χ1n) is 10.8. The molecular weight excluding hydrogens is 463 g/mol. The fraction of sp³-hybridized carbons (Fsp3) is 0.308. The van der Waals surface area contributed by atoms with Gasteiger partial charge in [-0.1, -0.05) is 84.0 Å². The monoisotopic (exact) mass is 488 g/mol. The molecule has 1 aliphatic rings. The third-order valence-electron chi connectivity index (χ3n) is 5.35. The molecule has 5 atom stereocenters. The quantitative estimate of drug-likeness (QED) is 0.421. The first-order chi connectivity index (χ1) is 16.1. The van der Waals surface area contributed by atoms with Gasteiger partial charge in [-0.25, -0.2) is 4.39 Å². The van der Waals surface area contributed by atoms with Crippen molar-refractivity contribution in [2.45, 2.75) is 48.0 Å². The average Bonchev–Trinajstić information content (AvgIpc) is 2.84. The highest BCUT2D eigenvalue weighted by molar-refractivity contribution is 7.99. The predicted octanol–water partition coefficient (Wildman–Crippen LogP) is 5.66. The number of hydrogen-bond donors (Lipinski definition) is 1. The summed E-state index contributed by atoms with van der Waals surface area (Å²) in [6.45, 7) is 0.682. The summed E-state index contributed by atoms with van der Waals surface area (Å²) in [5.41, 5.74) is 1.05. The number of halogens is 2. The van der Waals surface area contributed by atoms with E-state index in [4.69, 9.17) is 25.8 Å². The molecule has 0 aliphatic carbocycles. The van der Waals surface area contributed by atoms with Crippen LogP contribution in [0, 0.1) is 0 Å². The summed E-state index contributed by atoms with van der Waals surface area (Å²) in [7, 11) is 0. The van der Waals surface area contributed by atoms with Gasteiger partial charge in [0, 0.05) is 9.92 Å². The van der Waals surface area contributed by atoms with Crippen LogP contribution < -0.4 is 0 Å². The lowest BCUT2D eigenvalue weighted by molar-refractivity contribution is -0.211. The van der Waals surface area contributed by atoms with Gasteiger partial charge in [-0.2, -0.15) is 0 Å². The van der Waals surface area contributed by atoms with Crippen molar-refractivity contribution in [2.24, 2.45) is 0 Å². The lowest BCUT2D eigenvalue weighted by Crippen LogP contribution is -2.57. The van der Waals surface area contributed by atoms with Crippen LogP contribution >= 0.6 is 23.4 Å². The molecule has 174 valence electrons. The molecular formula is C26H26ClFO4S. The Morgan fingerprint density at radius 1 is 0.879 bits per heavy atom. The van der Waals surface area contributed by atoms with Crippen LogP contribution in [0.5, 0.6) is 0 Å². The normalized spacial score (nSPS) is 25.1. The van der Waals surface area contributed by atoms with Gasteiger partial charge >= 0.3 is 0 Å². The van der Waals surface area contributed by atoms with Crippen molar-refractivity contribution in [2.75, 3.05) is 6.61 Å². The number of benzene rings is 3. The van der Waals surface area contributed by atoms with E-state index in [1.807, 2.05) is 72.8 Å². The number of alkyl halides is 1. The lowest BCUT2D eigenvalue weighted by Gasteiger charge is -2.41. The Kier molecular flexibility index (Phi) is 8.78. The zero-order valence-corrected chi connectivity index (χ0v) is 19.5. The molecule has 0 saturated carbocycles. The van der Waals surface area contributed by atoms with Gasteiger partial charge in [-0.3, -0.25) is 0 Å². The number of ether oxygens (including phenoxy) is 3. The molecule has 4 rings (SSSR count). The Bertz CT molecular complexity index is 977. The first kappa shape index (κ1) is 24.2. The largest absolute Gasteiger partial charge is 0.387 e. The maximum atomic E-state index is 15.5. The van der Waals surface area contributed by atoms with Crippen molar-refractivity contribution in [3.63, 3.8) is 0 Å². The van der Waals surface area contributed by atoms with E-state index < -0.39 is 29.9 Å². The van der Waals surface area contributed by atoms with Crippen molar-refractivity contribution in [1.29, 1.82) is 0 Å². The highest BCUT2D eigenvalue weighted by atomic mass is 35.5. The summed E-state index contributed by atoms with van der Waals surface area (Å²) in [6, 6.07) is 26.4. The molecule has 0 bridgehead atoms. The van der Waals surface area contributed by atoms with Crippen LogP contribution in [0.2, 0.25) is 5.02 Å². The molecule has 3 aromatic rings. The molecule has 7 heteroatoms. The minimum atomic E-state index is -1.53. The summed E-state index contributed by atoms with van der Waals surface area (Å²) >= 11 is 7.21. The molecule has 0 spiro atoms. The highest BCUT2D eigenvalue weighted by Gasteiger charge is 2.47. The molecule has 33 heavy (non-hydrogen) atoms. The van der Waals surface area contributed by atoms with Crippen molar-refractivity contribution in [1.82, 2.24) is 0 Å². The standard InChI is InChI=1S/C26H26ClFO4S/c27-20-11-13-21(14-12-20)33-26-23(28)25(31-16-19-9-5-2-6-10-19)24(29)22(32-26)17-30-15-18-7-3-1-4-8-18/h1-14,22-26,29H,15-17H2/t22-,23-,24-,25-,26-/m1/s1. The molecule has 3 aromatic carbocycles. The Morgan fingerprint density at radius 2 is 1.48 bits per heavy atom. The minimum Gasteiger partial charge on any atom is -0.387 e. The van der Waals surface area contributed by atoms with E-state index in [1.54, 1.807) is 12.1 Å². The number of hydrogen-bond acceptors (Lipinski definition) is 5. The molecule has 1 fully saturated rings. The second-order valence-electron chi connectivity index (χ2n) is 7.81. The van der Waals surface area contributed by atoms with Gasteiger partial charge in [0.1, 0.15) is 23.7 Å². The minimum absolute atomic E-state index is 0.117. The highest BCUT2D eigenvalue weighted by Crippen LogP contribution is 2.37. The Morgan fingerprint density at radius 3 is 2.12 bits per heavy atom. The van der Waals surface area contributed by atoms with Gasteiger partial charge in [-0.05, 0) is 35.4 Å². The molecule has 4 nitrogen and oxygen atoms in total. The summed E-state index contributed by atoms with van der Waals surface area (Å²) in [6.07, 6.45) is -4.48. The van der Waals surface area contributed by atoms with E-state index >= 15 is 4.39 Å². The lowest BCUT2D eigenvalue weighted by atomic mass is 10.0. The second-order valence-corrected chi connectivity index (χ2v) is 9.42. The van der Waals surface area contributed by atoms with Gasteiger partial charge in [0.2, 0.25) is 0 Å². The van der Waals surface area contributed by atoms with Crippen LogP contribution in [0.3, 0.4) is 0 Å². The fourth-order valence-electron chi connectivity index (χ4n) is 3.58. The van der Waals surface area contributed by atoms with Gasteiger partial charge in [0.05, 0.1) is 19.8 Å². The molecule has 1 saturated heterocycles. The third-order valence-corrected chi connectivity index (χ3v) is 6.74. The van der Waals surface area contributed by atoms with Crippen molar-refractivity contribution in [3.8, 4) is 0 Å². The second kappa shape index (κ2) is 12.0. The van der Waals surface area contributed by atoms with Gasteiger partial charge in [0.15, 0.2) is 6.17 Å². The predicted molar refractivity (Wildman–Crippen MR) is 128 cm³/mol. The SMILES string of the molecule is O[C@H]1[C@H](OCc2ccccc2)[C@@H](F)[C@@H](Sc2ccc(Cl)cc2)O[C@@H]1COCc1ccccc1. The van der Waals surface area contributed by atoms with Crippen LogP contribution in [-0.2, 0) is 27.4 Å². The van der Waals surface area contributed by atoms with Crippen molar-refractivity contribution < 1.29 is 23.7 Å². The summed E-state index contributed by atoms with van der Waals surface area (Å²) in [5.74, 6) is 0. The summed E-state index contributed by atoms with van der Waals surface area (Å²) < 4.78 is 33.1. The third kappa shape index (κ3) is 6.79. The van der Waals surface area contributed by atoms with Crippen LogP contribution in [-0.4, -0.2) is 41.6 Å². The van der Waals surface area contributed by atoms with E-state index in [9.17, 15) is 5.11 Å². The number of aliphatic hydroxyl groups is 1. The van der Waals surface area contributed by atoms with E-state index in [2.05, 4.69) is 0 Å². The summed E-state index contributed by atoms with van der Waals surface area (Å²) in [4.78, 5) is 0.814. The van der Waals surface area contributed by atoms with E-state index in [0.29, 0.717) is 11.6 Å². The van der Waals surface area contributed by atoms with E-state index in [1.165, 1.54) is 11.8 Å². The molecule has 1 heterocycles. The average molecular weight is 489 g/mol. The van der Waals surface area contributed by atoms with Crippen LogP contribution in [0.1, 0.15) is 11.1 Å². The Labute approximate surface area is 202 Å². The van der Waals surface area contributed by atoms with Gasteiger partial charge < -0.3 is 19.3 Å². The van der Waals surface area contributed by atoms with E-state index in [-0.39, 0.29) is 13.2 Å². The van der Waals surface area contributed by atoms with Crippen LogP contribution in [0.4, 0.5) is 4.39 Å². The van der Waals surface area contributed by atoms with Crippen molar-refractivity contribution in [3.05, 3.63) is 101 Å². The zero-order chi connectivity index (χ0) is 23.0. The molecule has 1 N–H and O–H groups in total. The zero-order valence-electron chi connectivity index (χ0n) is 17.9. The molecule has 1 aliphatic heterocycles. The Balaban J connectivity index is 1.44. The Hall–Kier alpha value is -1.93. The number of aliphatic hydroxyl groups excluding tert-OH is 1. The van der Waals surface area contributed by atoms with E-state index in [0.717, 1.165) is 16.0 Å². The van der Waals surface area contributed by atoms with Crippen molar-refractivity contribution >= 4 is 23.4 Å². The maximum Gasteiger partial charge on any atom is 0.164 e. The maximum absolute atomic E-state index is 15.5. The van der Waals surface area contributed by atoms with Gasteiger partial charge in [-0.15, -0.1) is 0 Å². The first-order valence-corrected chi connectivity index (χ1v) is 12.0. The number of rotatable bonds is 9. The van der Waals surface area contributed by atoms with Gasteiger partial charge in [0.25, 0.3) is 0 Å². The molecule has 0 aromatic heterocycles. The van der Waals surface area contributed by atoms with Crippen LogP contribution in [0.25, 0.3) is 0 Å². The summed E-state index contributed by atoms with van der Waals surface area (Å²) in [5, 5.41) is 11.5.